The number of rotatable bonds is 1. The molecule has 4 nitrogen and oxygen atoms in total. The molecule has 0 saturated carbocycles. The molecule has 1 aliphatic heterocycles. The summed E-state index contributed by atoms with van der Waals surface area (Å²) in [5.41, 5.74) is 0. The van der Waals surface area contributed by atoms with Gasteiger partial charge in [0.05, 0.1) is 0 Å². The fourth-order valence-electron chi connectivity index (χ4n) is 0.752. The first-order valence-electron chi connectivity index (χ1n) is 2.96. The van der Waals surface area contributed by atoms with Gasteiger partial charge in [-0.1, -0.05) is 6.92 Å². The number of cyclic esters (lactones) is 1. The Hall–Kier alpha value is -1.19. The Labute approximate surface area is 57.2 Å². The molecule has 1 unspecified atom stereocenters. The summed E-state index contributed by atoms with van der Waals surface area (Å²) in [6.07, 6.45) is -0.448. The van der Waals surface area contributed by atoms with E-state index >= 15 is 0 Å². The Morgan fingerprint density at radius 3 is 2.20 bits per heavy atom. The maximum Gasteiger partial charge on any atom is 0.383 e. The molecular weight excluding hydrogens is 136 g/mol. The highest BCUT2D eigenvalue weighted by molar-refractivity contribution is 6.65. The van der Waals surface area contributed by atoms with Crippen molar-refractivity contribution in [3.63, 3.8) is 0 Å². The highest BCUT2D eigenvalue weighted by Gasteiger charge is 2.40. The average molecular weight is 142 g/mol. The van der Waals surface area contributed by atoms with Crippen LogP contribution in [0.1, 0.15) is 13.3 Å². The first kappa shape index (κ1) is 6.92. The number of hydrogen-bond acceptors (Lipinski definition) is 4. The monoisotopic (exact) mass is 142 g/mol. The summed E-state index contributed by atoms with van der Waals surface area (Å²) in [4.78, 5) is 31.5. The van der Waals surface area contributed by atoms with Crippen LogP contribution in [0.5, 0.6) is 0 Å². The van der Waals surface area contributed by atoms with Crippen molar-refractivity contribution >= 4 is 17.5 Å². The van der Waals surface area contributed by atoms with Crippen LogP contribution >= 0.6 is 0 Å². The molecule has 0 spiro atoms. The number of ether oxygens (including phenoxy) is 1. The highest BCUT2D eigenvalue weighted by atomic mass is 16.6. The zero-order valence-electron chi connectivity index (χ0n) is 5.42. The van der Waals surface area contributed by atoms with Gasteiger partial charge >= 0.3 is 11.8 Å². The van der Waals surface area contributed by atoms with Crippen molar-refractivity contribution in [1.82, 2.24) is 0 Å². The molecule has 10 heavy (non-hydrogen) atoms. The van der Waals surface area contributed by atoms with Crippen LogP contribution in [0.3, 0.4) is 0 Å². The van der Waals surface area contributed by atoms with E-state index in [2.05, 4.69) is 4.74 Å². The molecule has 0 amide bonds. The van der Waals surface area contributed by atoms with Crippen molar-refractivity contribution in [2.45, 2.75) is 19.4 Å². The predicted octanol–water partition coefficient (Wildman–Crippen LogP) is -0.540. The van der Waals surface area contributed by atoms with E-state index in [1.807, 2.05) is 0 Å². The largest absolute Gasteiger partial charge is 0.448 e. The lowest BCUT2D eigenvalue weighted by atomic mass is 10.2. The van der Waals surface area contributed by atoms with E-state index in [0.29, 0.717) is 6.42 Å². The van der Waals surface area contributed by atoms with Gasteiger partial charge in [-0.15, -0.1) is 0 Å². The van der Waals surface area contributed by atoms with Crippen molar-refractivity contribution < 1.29 is 19.1 Å². The van der Waals surface area contributed by atoms with Crippen molar-refractivity contribution in [2.75, 3.05) is 0 Å². The molecule has 0 bridgehead atoms. The minimum absolute atomic E-state index is 0.371. The molecular formula is C6H6O4. The zero-order chi connectivity index (χ0) is 7.72. The fourth-order valence-corrected chi connectivity index (χ4v) is 0.752. The first-order chi connectivity index (χ1) is 4.66. The normalized spacial score (nSPS) is 25.3. The number of carbonyl (C=O) groups is 3. The minimum Gasteiger partial charge on any atom is -0.448 e. The number of carbonyl (C=O) groups excluding carboxylic acids is 3. The lowest BCUT2D eigenvalue weighted by Crippen LogP contribution is -2.18. The number of Topliss-reactive ketones (excluding diaryl/α,β-unsaturated/α-hetero) is 2. The summed E-state index contributed by atoms with van der Waals surface area (Å²) in [7, 11) is 0. The van der Waals surface area contributed by atoms with Gasteiger partial charge < -0.3 is 4.74 Å². The van der Waals surface area contributed by atoms with Gasteiger partial charge in [-0.05, 0) is 6.42 Å². The highest BCUT2D eigenvalue weighted by Crippen LogP contribution is 2.09. The third kappa shape index (κ3) is 0.814. The number of esters is 1. The Kier molecular flexibility index (Phi) is 1.53. The summed E-state index contributed by atoms with van der Waals surface area (Å²) < 4.78 is 4.40. The Bertz CT molecular complexity index is 206. The van der Waals surface area contributed by atoms with Crippen LogP contribution < -0.4 is 0 Å². The molecule has 1 rings (SSSR count). The third-order valence-electron chi connectivity index (χ3n) is 1.32. The molecule has 1 fully saturated rings. The Morgan fingerprint density at radius 1 is 1.40 bits per heavy atom. The second-order valence-electron chi connectivity index (χ2n) is 2.00. The van der Waals surface area contributed by atoms with Gasteiger partial charge in [-0.25, -0.2) is 4.79 Å². The SMILES string of the molecule is CCC1OC(=O)C(=O)C1=O. The molecule has 0 N–H and O–H groups in total. The number of ketones is 2. The average Bonchev–Trinajstić information content (AvgIpc) is 2.17. The summed E-state index contributed by atoms with van der Waals surface area (Å²) >= 11 is 0. The van der Waals surface area contributed by atoms with E-state index in [1.165, 1.54) is 0 Å². The molecule has 1 saturated heterocycles. The maximum absolute atomic E-state index is 10.7. The molecule has 4 heteroatoms. The molecule has 0 aromatic rings. The molecule has 54 valence electrons. The van der Waals surface area contributed by atoms with E-state index in [4.69, 9.17) is 0 Å². The molecule has 1 atom stereocenters. The van der Waals surface area contributed by atoms with Crippen LogP contribution in [0, 0.1) is 0 Å². The van der Waals surface area contributed by atoms with Gasteiger partial charge in [0.15, 0.2) is 6.10 Å². The molecule has 1 heterocycles. The van der Waals surface area contributed by atoms with Crippen LogP contribution in [0.25, 0.3) is 0 Å². The van der Waals surface area contributed by atoms with Crippen LogP contribution in [0.2, 0.25) is 0 Å². The minimum atomic E-state index is -1.02. The molecule has 0 aromatic carbocycles. The summed E-state index contributed by atoms with van der Waals surface area (Å²) in [6.45, 7) is 1.68. The van der Waals surface area contributed by atoms with Crippen LogP contribution in [-0.4, -0.2) is 23.6 Å². The number of hydrogen-bond donors (Lipinski definition) is 0. The molecule has 0 aromatic heterocycles. The van der Waals surface area contributed by atoms with E-state index in [-0.39, 0.29) is 0 Å². The smallest absolute Gasteiger partial charge is 0.383 e. The van der Waals surface area contributed by atoms with E-state index in [1.54, 1.807) is 6.92 Å². The second kappa shape index (κ2) is 2.21. The zero-order valence-corrected chi connectivity index (χ0v) is 5.42. The summed E-state index contributed by atoms with van der Waals surface area (Å²) in [6, 6.07) is 0. The Morgan fingerprint density at radius 2 is 2.00 bits per heavy atom. The van der Waals surface area contributed by atoms with E-state index < -0.39 is 23.6 Å². The lowest BCUT2D eigenvalue weighted by Gasteiger charge is -1.98. The van der Waals surface area contributed by atoms with Crippen LogP contribution in [0.15, 0.2) is 0 Å². The van der Waals surface area contributed by atoms with Crippen molar-refractivity contribution in [1.29, 1.82) is 0 Å². The van der Waals surface area contributed by atoms with Gasteiger partial charge in [0.1, 0.15) is 0 Å². The lowest BCUT2D eigenvalue weighted by molar-refractivity contribution is -0.149. The van der Waals surface area contributed by atoms with E-state index in [9.17, 15) is 14.4 Å². The van der Waals surface area contributed by atoms with Crippen molar-refractivity contribution in [3.05, 3.63) is 0 Å². The van der Waals surface area contributed by atoms with Crippen molar-refractivity contribution in [2.24, 2.45) is 0 Å². The summed E-state index contributed by atoms with van der Waals surface area (Å²) in [5, 5.41) is 0. The van der Waals surface area contributed by atoms with Gasteiger partial charge in [-0.2, -0.15) is 0 Å². The first-order valence-corrected chi connectivity index (χ1v) is 2.96. The maximum atomic E-state index is 10.7. The van der Waals surface area contributed by atoms with Gasteiger partial charge in [0, 0.05) is 0 Å². The van der Waals surface area contributed by atoms with Crippen LogP contribution in [-0.2, 0) is 19.1 Å². The van der Waals surface area contributed by atoms with Crippen molar-refractivity contribution in [3.8, 4) is 0 Å². The Balaban J connectivity index is 2.81. The second-order valence-corrected chi connectivity index (χ2v) is 2.00. The molecule has 0 aliphatic carbocycles. The molecule has 1 aliphatic rings. The summed E-state index contributed by atoms with van der Waals surface area (Å²) in [5.74, 6) is -2.75. The fraction of sp³-hybridized carbons (Fsp3) is 0.500. The standard InChI is InChI=1S/C6H6O4/c1-2-3-4(7)5(8)6(9)10-3/h3H,2H2,1H3. The van der Waals surface area contributed by atoms with E-state index in [0.717, 1.165) is 0 Å². The predicted molar refractivity (Wildman–Crippen MR) is 30.2 cm³/mol. The third-order valence-corrected chi connectivity index (χ3v) is 1.32. The molecule has 0 radical (unpaired) electrons. The van der Waals surface area contributed by atoms with Gasteiger partial charge in [-0.3, -0.25) is 9.59 Å². The van der Waals surface area contributed by atoms with Crippen LogP contribution in [0.4, 0.5) is 0 Å². The van der Waals surface area contributed by atoms with Gasteiger partial charge in [0.25, 0.3) is 5.78 Å². The van der Waals surface area contributed by atoms with Gasteiger partial charge in [0.2, 0.25) is 0 Å². The topological polar surface area (TPSA) is 60.4 Å². The quantitative estimate of drug-likeness (QED) is 0.364.